The van der Waals surface area contributed by atoms with Gasteiger partial charge in [0.15, 0.2) is 17.3 Å². The first-order valence-electron chi connectivity index (χ1n) is 7.08. The van der Waals surface area contributed by atoms with Crippen LogP contribution in [0.1, 0.15) is 49.4 Å². The number of hydrogen-bond acceptors (Lipinski definition) is 4. The SMILES string of the molecule is CCCCCCC=CNCC(=O)c1ccc(O)c(O)c1. The fraction of sp³-hybridized carbons (Fsp3) is 0.438. The molecule has 1 aromatic carbocycles. The van der Waals surface area contributed by atoms with Gasteiger partial charge in [-0.1, -0.05) is 32.3 Å². The molecule has 0 spiro atoms. The van der Waals surface area contributed by atoms with E-state index >= 15 is 0 Å². The number of phenols is 2. The van der Waals surface area contributed by atoms with Gasteiger partial charge in [0, 0.05) is 5.56 Å². The van der Waals surface area contributed by atoms with Crippen LogP contribution in [0.3, 0.4) is 0 Å². The van der Waals surface area contributed by atoms with Gasteiger partial charge in [-0.25, -0.2) is 0 Å². The number of allylic oxidation sites excluding steroid dienone is 1. The number of benzene rings is 1. The van der Waals surface area contributed by atoms with E-state index in [1.807, 2.05) is 6.08 Å². The molecule has 0 aliphatic carbocycles. The number of nitrogens with one attached hydrogen (secondary N) is 1. The zero-order valence-electron chi connectivity index (χ0n) is 11.9. The molecule has 110 valence electrons. The Balaban J connectivity index is 2.26. The standard InChI is InChI=1S/C16H23NO3/c1-2-3-4-5-6-7-10-17-12-16(20)13-8-9-14(18)15(19)11-13/h7-11,17-19H,2-6,12H2,1H3. The molecule has 0 bridgehead atoms. The number of rotatable bonds is 9. The van der Waals surface area contributed by atoms with E-state index in [9.17, 15) is 15.0 Å². The van der Waals surface area contributed by atoms with Gasteiger partial charge in [-0.15, -0.1) is 0 Å². The molecule has 0 fully saturated rings. The molecule has 0 aliphatic heterocycles. The minimum absolute atomic E-state index is 0.129. The van der Waals surface area contributed by atoms with Crippen LogP contribution in [-0.2, 0) is 0 Å². The van der Waals surface area contributed by atoms with Crippen molar-refractivity contribution in [3.8, 4) is 11.5 Å². The van der Waals surface area contributed by atoms with Crippen molar-refractivity contribution >= 4 is 5.78 Å². The van der Waals surface area contributed by atoms with Gasteiger partial charge in [0.25, 0.3) is 0 Å². The van der Waals surface area contributed by atoms with Gasteiger partial charge in [-0.05, 0) is 37.2 Å². The first-order chi connectivity index (χ1) is 9.65. The molecule has 0 aromatic heterocycles. The van der Waals surface area contributed by atoms with Crippen molar-refractivity contribution in [1.29, 1.82) is 0 Å². The third-order valence-corrected chi connectivity index (χ3v) is 3.02. The van der Waals surface area contributed by atoms with E-state index < -0.39 is 0 Å². The minimum Gasteiger partial charge on any atom is -0.504 e. The summed E-state index contributed by atoms with van der Waals surface area (Å²) < 4.78 is 0. The van der Waals surface area contributed by atoms with Gasteiger partial charge in [0.2, 0.25) is 0 Å². The molecule has 0 unspecified atom stereocenters. The highest BCUT2D eigenvalue weighted by molar-refractivity contribution is 5.98. The highest BCUT2D eigenvalue weighted by atomic mass is 16.3. The summed E-state index contributed by atoms with van der Waals surface area (Å²) in [7, 11) is 0. The molecule has 0 saturated carbocycles. The average molecular weight is 277 g/mol. The van der Waals surface area contributed by atoms with E-state index in [0.29, 0.717) is 5.56 Å². The van der Waals surface area contributed by atoms with Crippen LogP contribution in [0, 0.1) is 0 Å². The Morgan fingerprint density at radius 3 is 2.70 bits per heavy atom. The second-order valence-electron chi connectivity index (χ2n) is 4.76. The van der Waals surface area contributed by atoms with Crippen LogP contribution >= 0.6 is 0 Å². The molecular weight excluding hydrogens is 254 g/mol. The molecule has 1 rings (SSSR count). The van der Waals surface area contributed by atoms with Gasteiger partial charge in [-0.3, -0.25) is 4.79 Å². The molecule has 0 heterocycles. The summed E-state index contributed by atoms with van der Waals surface area (Å²) >= 11 is 0. The van der Waals surface area contributed by atoms with Gasteiger partial charge in [0.1, 0.15) is 0 Å². The lowest BCUT2D eigenvalue weighted by Gasteiger charge is -2.03. The first kappa shape index (κ1) is 16.1. The monoisotopic (exact) mass is 277 g/mol. The van der Waals surface area contributed by atoms with Crippen molar-refractivity contribution in [3.05, 3.63) is 36.0 Å². The van der Waals surface area contributed by atoms with E-state index in [0.717, 1.165) is 6.42 Å². The Morgan fingerprint density at radius 1 is 1.20 bits per heavy atom. The summed E-state index contributed by atoms with van der Waals surface area (Å²) in [6, 6.07) is 4.08. The van der Waals surface area contributed by atoms with E-state index in [1.54, 1.807) is 6.20 Å². The van der Waals surface area contributed by atoms with Crippen molar-refractivity contribution in [1.82, 2.24) is 5.32 Å². The normalized spacial score (nSPS) is 10.8. The van der Waals surface area contributed by atoms with Gasteiger partial charge in [0.05, 0.1) is 6.54 Å². The maximum absolute atomic E-state index is 11.8. The first-order valence-corrected chi connectivity index (χ1v) is 7.08. The van der Waals surface area contributed by atoms with E-state index in [1.165, 1.54) is 43.9 Å². The lowest BCUT2D eigenvalue weighted by atomic mass is 10.1. The summed E-state index contributed by atoms with van der Waals surface area (Å²) in [5, 5.41) is 21.4. The molecule has 0 amide bonds. The van der Waals surface area contributed by atoms with Crippen molar-refractivity contribution < 1.29 is 15.0 Å². The summed E-state index contributed by atoms with van der Waals surface area (Å²) in [4.78, 5) is 11.8. The Kier molecular flexibility index (Phi) is 7.25. The third-order valence-electron chi connectivity index (χ3n) is 3.02. The van der Waals surface area contributed by atoms with Crippen LogP contribution in [-0.4, -0.2) is 22.5 Å². The highest BCUT2D eigenvalue weighted by Crippen LogP contribution is 2.24. The van der Waals surface area contributed by atoms with E-state index in [2.05, 4.69) is 12.2 Å². The maximum atomic E-state index is 11.8. The molecule has 0 atom stereocenters. The van der Waals surface area contributed by atoms with Crippen molar-refractivity contribution in [2.45, 2.75) is 39.0 Å². The minimum atomic E-state index is -0.276. The molecule has 4 heteroatoms. The average Bonchev–Trinajstić information content (AvgIpc) is 2.44. The van der Waals surface area contributed by atoms with Crippen LogP contribution in [0.25, 0.3) is 0 Å². The third kappa shape index (κ3) is 5.78. The number of unbranched alkanes of at least 4 members (excludes halogenated alkanes) is 4. The van der Waals surface area contributed by atoms with Crippen molar-refractivity contribution in [2.75, 3.05) is 6.54 Å². The van der Waals surface area contributed by atoms with Crippen molar-refractivity contribution in [2.24, 2.45) is 0 Å². The predicted octanol–water partition coefficient (Wildman–Crippen LogP) is 3.35. The lowest BCUT2D eigenvalue weighted by Crippen LogP contribution is -2.17. The number of ketones is 1. The highest BCUT2D eigenvalue weighted by Gasteiger charge is 2.07. The predicted molar refractivity (Wildman–Crippen MR) is 80.0 cm³/mol. The number of carbonyl (C=O) groups excluding carboxylic acids is 1. The number of carbonyl (C=O) groups is 1. The Hall–Kier alpha value is -1.97. The lowest BCUT2D eigenvalue weighted by molar-refractivity contribution is 0.0994. The zero-order valence-corrected chi connectivity index (χ0v) is 11.9. The zero-order chi connectivity index (χ0) is 14.8. The topological polar surface area (TPSA) is 69.6 Å². The molecule has 20 heavy (non-hydrogen) atoms. The molecular formula is C16H23NO3. The molecule has 0 aliphatic rings. The maximum Gasteiger partial charge on any atom is 0.181 e. The van der Waals surface area contributed by atoms with Crippen LogP contribution in [0.15, 0.2) is 30.5 Å². The number of hydrogen-bond donors (Lipinski definition) is 3. The Bertz CT molecular complexity index is 455. The van der Waals surface area contributed by atoms with E-state index in [4.69, 9.17) is 0 Å². The molecule has 0 saturated heterocycles. The largest absolute Gasteiger partial charge is 0.504 e. The summed E-state index contributed by atoms with van der Waals surface area (Å²) in [6.07, 6.45) is 9.75. The fourth-order valence-corrected chi connectivity index (χ4v) is 1.81. The van der Waals surface area contributed by atoms with Crippen molar-refractivity contribution in [3.63, 3.8) is 0 Å². The van der Waals surface area contributed by atoms with Crippen LogP contribution in [0.5, 0.6) is 11.5 Å². The van der Waals surface area contributed by atoms with Crippen LogP contribution < -0.4 is 5.32 Å². The van der Waals surface area contributed by atoms with E-state index in [-0.39, 0.29) is 23.8 Å². The fourth-order valence-electron chi connectivity index (χ4n) is 1.81. The number of phenolic OH excluding ortho intramolecular Hbond substituents is 2. The smallest absolute Gasteiger partial charge is 0.181 e. The van der Waals surface area contributed by atoms with Crippen LogP contribution in [0.4, 0.5) is 0 Å². The number of aromatic hydroxyl groups is 2. The Morgan fingerprint density at radius 2 is 2.00 bits per heavy atom. The van der Waals surface area contributed by atoms with Gasteiger partial charge < -0.3 is 15.5 Å². The summed E-state index contributed by atoms with van der Waals surface area (Å²) in [5.41, 5.74) is 0.379. The van der Waals surface area contributed by atoms with Gasteiger partial charge in [-0.2, -0.15) is 0 Å². The molecule has 3 N–H and O–H groups in total. The second kappa shape index (κ2) is 9.02. The summed E-state index contributed by atoms with van der Waals surface area (Å²) in [6.45, 7) is 2.36. The number of Topliss-reactive ketones (excluding diaryl/α,β-unsaturated/α-hetero) is 1. The van der Waals surface area contributed by atoms with Crippen LogP contribution in [0.2, 0.25) is 0 Å². The van der Waals surface area contributed by atoms with Gasteiger partial charge >= 0.3 is 0 Å². The Labute approximate surface area is 120 Å². The molecule has 4 nitrogen and oxygen atoms in total. The quantitative estimate of drug-likeness (QED) is 0.368. The second-order valence-corrected chi connectivity index (χ2v) is 4.76. The molecule has 0 radical (unpaired) electrons. The molecule has 1 aromatic rings. The summed E-state index contributed by atoms with van der Waals surface area (Å²) in [5.74, 6) is -0.625.